The Morgan fingerprint density at radius 2 is 1.68 bits per heavy atom. The summed E-state index contributed by atoms with van der Waals surface area (Å²) in [7, 11) is 0. The van der Waals surface area contributed by atoms with Gasteiger partial charge in [-0.3, -0.25) is 0 Å². The average Bonchev–Trinajstić information content (AvgIpc) is 3.44. The van der Waals surface area contributed by atoms with Crippen LogP contribution in [0.3, 0.4) is 0 Å². The van der Waals surface area contributed by atoms with E-state index >= 15 is 0 Å². The molecule has 2 spiro atoms. The van der Waals surface area contributed by atoms with Crippen molar-refractivity contribution in [1.82, 2.24) is 0 Å². The molecule has 0 amide bonds. The summed E-state index contributed by atoms with van der Waals surface area (Å²) in [6.45, 7) is 15.3. The molecule has 0 bridgehead atoms. The fourth-order valence-electron chi connectivity index (χ4n) is 12.1. The summed E-state index contributed by atoms with van der Waals surface area (Å²) in [6.07, 6.45) is 6.37. The van der Waals surface area contributed by atoms with E-state index in [0.29, 0.717) is 18.4 Å². The molecule has 6 rings (SSSR count). The van der Waals surface area contributed by atoms with Crippen molar-refractivity contribution in [2.24, 2.45) is 51.1 Å². The zero-order valence-electron chi connectivity index (χ0n) is 24.3. The molecule has 1 heterocycles. The Morgan fingerprint density at radius 1 is 1.03 bits per heavy atom. The standard InChI is InChI=1S/C31H53NO5/c1-8-36-25(27(5,6)35)18-15-17(2)22-23(37-18)24(34)31(32)20-10-9-19-26(3,4)21(33)11-12-29(19)16-30(20,29)14-13-28(22,31)7/h17-25,33-35H,8-16,32H2,1-7H3/t17-,18-,19+,20-,21+,22+,23+,24+,25+,28-,29-,30+,31+/m1/s1. The molecule has 0 aromatic heterocycles. The fraction of sp³-hybridized carbons (Fsp3) is 1.00. The Balaban J connectivity index is 1.35. The molecule has 1 saturated heterocycles. The van der Waals surface area contributed by atoms with E-state index in [9.17, 15) is 15.3 Å². The van der Waals surface area contributed by atoms with Gasteiger partial charge in [0.25, 0.3) is 0 Å². The first-order valence-corrected chi connectivity index (χ1v) is 15.3. The van der Waals surface area contributed by atoms with E-state index in [0.717, 1.165) is 38.5 Å². The van der Waals surface area contributed by atoms with Crippen LogP contribution in [0.1, 0.15) is 99.8 Å². The summed E-state index contributed by atoms with van der Waals surface area (Å²) >= 11 is 0. The summed E-state index contributed by atoms with van der Waals surface area (Å²) in [5.74, 6) is 1.34. The van der Waals surface area contributed by atoms with Crippen molar-refractivity contribution >= 4 is 0 Å². The molecule has 0 aromatic carbocycles. The lowest BCUT2D eigenvalue weighted by Crippen LogP contribution is -2.70. The predicted molar refractivity (Wildman–Crippen MR) is 143 cm³/mol. The Kier molecular flexibility index (Phi) is 5.79. The third-order valence-electron chi connectivity index (χ3n) is 13.7. The van der Waals surface area contributed by atoms with Crippen molar-refractivity contribution in [3.8, 4) is 0 Å². The van der Waals surface area contributed by atoms with Crippen molar-refractivity contribution in [1.29, 1.82) is 0 Å². The van der Waals surface area contributed by atoms with E-state index in [1.54, 1.807) is 13.8 Å². The average molecular weight is 520 g/mol. The minimum absolute atomic E-state index is 0.0618. The van der Waals surface area contributed by atoms with Crippen LogP contribution in [0.15, 0.2) is 0 Å². The van der Waals surface area contributed by atoms with Gasteiger partial charge in [0.1, 0.15) is 6.10 Å². The monoisotopic (exact) mass is 519 g/mol. The van der Waals surface area contributed by atoms with Gasteiger partial charge in [0.05, 0.1) is 35.6 Å². The third kappa shape index (κ3) is 3.09. The minimum atomic E-state index is -1.03. The topological polar surface area (TPSA) is 105 Å². The highest BCUT2D eigenvalue weighted by atomic mass is 16.6. The lowest BCUT2D eigenvalue weighted by atomic mass is 9.43. The molecular weight excluding hydrogens is 466 g/mol. The third-order valence-corrected chi connectivity index (χ3v) is 13.7. The van der Waals surface area contributed by atoms with Gasteiger partial charge in [0.2, 0.25) is 0 Å². The molecule has 6 aliphatic rings. The molecule has 1 aliphatic heterocycles. The highest BCUT2D eigenvalue weighted by Gasteiger charge is 2.85. The molecule has 6 heteroatoms. The number of rotatable bonds is 4. The van der Waals surface area contributed by atoms with Gasteiger partial charge in [-0.15, -0.1) is 0 Å². The van der Waals surface area contributed by atoms with Crippen molar-refractivity contribution in [3.63, 3.8) is 0 Å². The summed E-state index contributed by atoms with van der Waals surface area (Å²) in [5.41, 5.74) is 6.15. The van der Waals surface area contributed by atoms with E-state index in [1.165, 1.54) is 12.8 Å². The molecular formula is C31H53NO5. The molecule has 5 aliphatic carbocycles. The predicted octanol–water partition coefficient (Wildman–Crippen LogP) is 4.03. The number of aliphatic hydroxyl groups excluding tert-OH is 2. The first-order chi connectivity index (χ1) is 17.1. The van der Waals surface area contributed by atoms with E-state index < -0.39 is 23.3 Å². The Hall–Kier alpha value is -0.240. The van der Waals surface area contributed by atoms with Crippen LogP contribution in [0.4, 0.5) is 0 Å². The van der Waals surface area contributed by atoms with Gasteiger partial charge in [-0.1, -0.05) is 27.7 Å². The van der Waals surface area contributed by atoms with Gasteiger partial charge in [-0.05, 0) is 117 Å². The van der Waals surface area contributed by atoms with Crippen LogP contribution >= 0.6 is 0 Å². The molecule has 5 N–H and O–H groups in total. The summed E-state index contributed by atoms with van der Waals surface area (Å²) < 4.78 is 12.8. The molecule has 6 fully saturated rings. The second kappa shape index (κ2) is 7.94. The number of hydrogen-bond donors (Lipinski definition) is 4. The van der Waals surface area contributed by atoms with E-state index in [1.807, 2.05) is 6.92 Å². The van der Waals surface area contributed by atoms with Gasteiger partial charge >= 0.3 is 0 Å². The quantitative estimate of drug-likeness (QED) is 0.447. The zero-order chi connectivity index (χ0) is 27.0. The molecule has 13 atom stereocenters. The molecule has 0 unspecified atom stereocenters. The van der Waals surface area contributed by atoms with Crippen LogP contribution in [0.5, 0.6) is 0 Å². The second-order valence-electron chi connectivity index (χ2n) is 15.8. The second-order valence-corrected chi connectivity index (χ2v) is 15.8. The Bertz CT molecular complexity index is 933. The highest BCUT2D eigenvalue weighted by Crippen LogP contribution is 2.87. The lowest BCUT2D eigenvalue weighted by molar-refractivity contribution is -0.214. The molecule has 37 heavy (non-hydrogen) atoms. The number of aliphatic hydroxyl groups is 3. The van der Waals surface area contributed by atoms with Crippen LogP contribution in [0.2, 0.25) is 0 Å². The van der Waals surface area contributed by atoms with Gasteiger partial charge < -0.3 is 30.5 Å². The molecule has 5 saturated carbocycles. The smallest absolute Gasteiger partial charge is 0.112 e. The van der Waals surface area contributed by atoms with Gasteiger partial charge in [0.15, 0.2) is 0 Å². The molecule has 0 radical (unpaired) electrons. The molecule has 0 aromatic rings. The molecule has 6 nitrogen and oxygen atoms in total. The van der Waals surface area contributed by atoms with E-state index in [-0.39, 0.29) is 51.8 Å². The van der Waals surface area contributed by atoms with Crippen LogP contribution < -0.4 is 5.73 Å². The highest BCUT2D eigenvalue weighted by molar-refractivity contribution is 5.35. The lowest BCUT2D eigenvalue weighted by Gasteiger charge is -2.63. The summed E-state index contributed by atoms with van der Waals surface area (Å²) in [6, 6.07) is 0. The normalized spacial score (nSPS) is 56.8. The first kappa shape index (κ1) is 27.0. The van der Waals surface area contributed by atoms with E-state index in [4.69, 9.17) is 15.2 Å². The van der Waals surface area contributed by atoms with Crippen LogP contribution in [-0.2, 0) is 9.47 Å². The maximum atomic E-state index is 12.2. The number of ether oxygens (including phenoxy) is 2. The van der Waals surface area contributed by atoms with E-state index in [2.05, 4.69) is 27.7 Å². The first-order valence-electron chi connectivity index (χ1n) is 15.3. The molecule has 212 valence electrons. The largest absolute Gasteiger partial charge is 0.393 e. The van der Waals surface area contributed by atoms with Crippen molar-refractivity contribution < 1.29 is 24.8 Å². The maximum absolute atomic E-state index is 12.2. The van der Waals surface area contributed by atoms with Crippen molar-refractivity contribution in [2.75, 3.05) is 6.61 Å². The SMILES string of the molecule is CCO[C@@H]([C@H]1C[C@@H](C)[C@H]2[C@H](O1)[C@H](O)[C@@]1(N)[C@@H]3CC[C@H]4C(C)(C)[C@@H](O)CC[C@@]45C[C@@]35CC[C@]21C)C(C)(C)O. The maximum Gasteiger partial charge on any atom is 0.112 e. The Labute approximate surface area is 224 Å². The fourth-order valence-corrected chi connectivity index (χ4v) is 12.1. The number of nitrogens with two attached hydrogens (primary N) is 1. The Morgan fingerprint density at radius 3 is 2.32 bits per heavy atom. The van der Waals surface area contributed by atoms with Gasteiger partial charge in [0, 0.05) is 6.61 Å². The van der Waals surface area contributed by atoms with Crippen LogP contribution in [0, 0.1) is 45.3 Å². The minimum Gasteiger partial charge on any atom is -0.393 e. The number of fused-ring (bicyclic) bond motifs is 4. The zero-order valence-corrected chi connectivity index (χ0v) is 24.3. The van der Waals surface area contributed by atoms with Crippen molar-refractivity contribution in [2.45, 2.75) is 141 Å². The van der Waals surface area contributed by atoms with Gasteiger partial charge in [-0.2, -0.15) is 0 Å². The van der Waals surface area contributed by atoms with Gasteiger partial charge in [-0.25, -0.2) is 0 Å². The number of hydrogen-bond acceptors (Lipinski definition) is 6. The summed E-state index contributed by atoms with van der Waals surface area (Å²) in [4.78, 5) is 0. The van der Waals surface area contributed by atoms with Crippen LogP contribution in [0.25, 0.3) is 0 Å². The summed E-state index contributed by atoms with van der Waals surface area (Å²) in [5, 5.41) is 34.0. The van der Waals surface area contributed by atoms with Crippen LogP contribution in [-0.4, -0.2) is 63.6 Å². The van der Waals surface area contributed by atoms with Crippen molar-refractivity contribution in [3.05, 3.63) is 0 Å².